The lowest BCUT2D eigenvalue weighted by Crippen LogP contribution is -2.39. The molecular formula is C17H17BrClN. The topological polar surface area (TPSA) is 12.0 Å². The smallest absolute Gasteiger partial charge is 0.0406 e. The van der Waals surface area contributed by atoms with Gasteiger partial charge in [0.15, 0.2) is 0 Å². The first kappa shape index (κ1) is 14.1. The van der Waals surface area contributed by atoms with Crippen molar-refractivity contribution in [2.24, 2.45) is 0 Å². The van der Waals surface area contributed by atoms with Crippen molar-refractivity contribution in [2.45, 2.75) is 31.3 Å². The number of rotatable bonds is 4. The maximum atomic E-state index is 5.89. The van der Waals surface area contributed by atoms with Crippen LogP contribution in [0.1, 0.15) is 29.9 Å². The molecule has 0 aromatic heterocycles. The van der Waals surface area contributed by atoms with Crippen LogP contribution >= 0.6 is 27.5 Å². The maximum Gasteiger partial charge on any atom is 0.0406 e. The Morgan fingerprint density at radius 3 is 2.30 bits per heavy atom. The molecule has 0 radical (unpaired) electrons. The molecule has 0 unspecified atom stereocenters. The summed E-state index contributed by atoms with van der Waals surface area (Å²) in [5.74, 6) is 0.714. The number of halogens is 2. The van der Waals surface area contributed by atoms with E-state index in [9.17, 15) is 0 Å². The summed E-state index contributed by atoms with van der Waals surface area (Å²) in [4.78, 5) is 0. The largest absolute Gasteiger partial charge is 0.310 e. The minimum atomic E-state index is 0.638. The molecule has 2 aromatic carbocycles. The lowest BCUT2D eigenvalue weighted by molar-refractivity contribution is 0.289. The summed E-state index contributed by atoms with van der Waals surface area (Å²) in [5.41, 5.74) is 2.75. The molecule has 0 saturated heterocycles. The van der Waals surface area contributed by atoms with Crippen molar-refractivity contribution in [2.75, 3.05) is 0 Å². The molecule has 0 heterocycles. The van der Waals surface area contributed by atoms with E-state index in [1.165, 1.54) is 24.0 Å². The first-order valence-corrected chi connectivity index (χ1v) is 8.11. The van der Waals surface area contributed by atoms with E-state index in [-0.39, 0.29) is 0 Å². The highest BCUT2D eigenvalue weighted by Gasteiger charge is 2.29. The Balaban J connectivity index is 1.46. The Hall–Kier alpha value is -0.830. The quantitative estimate of drug-likeness (QED) is 0.805. The summed E-state index contributed by atoms with van der Waals surface area (Å²) in [5, 5.41) is 4.41. The Labute approximate surface area is 133 Å². The fourth-order valence-corrected chi connectivity index (χ4v) is 3.05. The van der Waals surface area contributed by atoms with E-state index in [1.54, 1.807) is 0 Å². The van der Waals surface area contributed by atoms with Crippen LogP contribution in [0, 0.1) is 0 Å². The van der Waals surface area contributed by atoms with Gasteiger partial charge in [-0.15, -0.1) is 0 Å². The first-order valence-electron chi connectivity index (χ1n) is 6.94. The summed E-state index contributed by atoms with van der Waals surface area (Å²) in [6, 6.07) is 17.4. The zero-order valence-corrected chi connectivity index (χ0v) is 13.5. The second kappa shape index (κ2) is 6.30. The van der Waals surface area contributed by atoms with Gasteiger partial charge >= 0.3 is 0 Å². The average Bonchev–Trinajstić information content (AvgIpc) is 2.41. The molecule has 20 heavy (non-hydrogen) atoms. The number of hydrogen-bond acceptors (Lipinski definition) is 1. The van der Waals surface area contributed by atoms with Crippen molar-refractivity contribution < 1.29 is 0 Å². The van der Waals surface area contributed by atoms with Gasteiger partial charge in [-0.1, -0.05) is 51.8 Å². The fraction of sp³-hybridized carbons (Fsp3) is 0.294. The molecular weight excluding hydrogens is 334 g/mol. The van der Waals surface area contributed by atoms with Gasteiger partial charge in [-0.2, -0.15) is 0 Å². The molecule has 0 amide bonds. The highest BCUT2D eigenvalue weighted by molar-refractivity contribution is 9.10. The van der Waals surface area contributed by atoms with Crippen LogP contribution in [0.25, 0.3) is 0 Å². The van der Waals surface area contributed by atoms with Gasteiger partial charge in [0, 0.05) is 22.1 Å². The van der Waals surface area contributed by atoms with Gasteiger partial charge in [-0.05, 0) is 54.2 Å². The Morgan fingerprint density at radius 1 is 1.00 bits per heavy atom. The first-order chi connectivity index (χ1) is 9.70. The van der Waals surface area contributed by atoms with Crippen LogP contribution in [0.4, 0.5) is 0 Å². The summed E-state index contributed by atoms with van der Waals surface area (Å²) >= 11 is 9.37. The molecule has 3 rings (SSSR count). The van der Waals surface area contributed by atoms with Gasteiger partial charge in [-0.25, -0.2) is 0 Å². The SMILES string of the molecule is Clc1ccc(CNC2CC(c3ccc(Br)cc3)C2)cc1. The van der Waals surface area contributed by atoms with Crippen LogP contribution in [0.5, 0.6) is 0 Å². The number of benzene rings is 2. The molecule has 1 saturated carbocycles. The zero-order chi connectivity index (χ0) is 13.9. The molecule has 0 spiro atoms. The molecule has 3 heteroatoms. The minimum absolute atomic E-state index is 0.638. The Bertz CT molecular complexity index is 556. The van der Waals surface area contributed by atoms with Gasteiger partial charge in [0.1, 0.15) is 0 Å². The van der Waals surface area contributed by atoms with E-state index >= 15 is 0 Å². The Kier molecular flexibility index (Phi) is 4.45. The van der Waals surface area contributed by atoms with Crippen molar-refractivity contribution in [1.82, 2.24) is 5.32 Å². The molecule has 1 aliphatic rings. The summed E-state index contributed by atoms with van der Waals surface area (Å²) < 4.78 is 1.15. The molecule has 0 atom stereocenters. The molecule has 104 valence electrons. The van der Waals surface area contributed by atoms with E-state index in [1.807, 2.05) is 12.1 Å². The highest BCUT2D eigenvalue weighted by Crippen LogP contribution is 2.37. The van der Waals surface area contributed by atoms with Crippen LogP contribution in [0.2, 0.25) is 5.02 Å². The standard InChI is InChI=1S/C17H17BrClN/c18-15-5-3-13(4-6-15)14-9-17(10-14)20-11-12-1-7-16(19)8-2-12/h1-8,14,17,20H,9-11H2. The Morgan fingerprint density at radius 2 is 1.65 bits per heavy atom. The molecule has 1 aliphatic carbocycles. The maximum absolute atomic E-state index is 5.89. The second-order valence-corrected chi connectivity index (χ2v) is 6.78. The zero-order valence-electron chi connectivity index (χ0n) is 11.2. The van der Waals surface area contributed by atoms with E-state index in [2.05, 4.69) is 57.6 Å². The van der Waals surface area contributed by atoms with Gasteiger partial charge in [0.05, 0.1) is 0 Å². The normalized spacial score (nSPS) is 21.5. The van der Waals surface area contributed by atoms with Crippen molar-refractivity contribution in [1.29, 1.82) is 0 Å². The van der Waals surface area contributed by atoms with Gasteiger partial charge in [0.2, 0.25) is 0 Å². The summed E-state index contributed by atoms with van der Waals surface area (Å²) in [7, 11) is 0. The third-order valence-electron chi connectivity index (χ3n) is 3.99. The third kappa shape index (κ3) is 3.43. The predicted molar refractivity (Wildman–Crippen MR) is 88.2 cm³/mol. The second-order valence-electron chi connectivity index (χ2n) is 5.42. The number of nitrogens with one attached hydrogen (secondary N) is 1. The average molecular weight is 351 g/mol. The van der Waals surface area contributed by atoms with Crippen molar-refractivity contribution >= 4 is 27.5 Å². The minimum Gasteiger partial charge on any atom is -0.310 e. The monoisotopic (exact) mass is 349 g/mol. The molecule has 1 N–H and O–H groups in total. The summed E-state index contributed by atoms with van der Waals surface area (Å²) in [6.07, 6.45) is 2.46. The molecule has 1 fully saturated rings. The lowest BCUT2D eigenvalue weighted by Gasteiger charge is -2.36. The van der Waals surface area contributed by atoms with Crippen LogP contribution in [0.3, 0.4) is 0 Å². The molecule has 1 nitrogen and oxygen atoms in total. The molecule has 2 aromatic rings. The van der Waals surface area contributed by atoms with Crippen molar-refractivity contribution in [3.8, 4) is 0 Å². The third-order valence-corrected chi connectivity index (χ3v) is 4.77. The fourth-order valence-electron chi connectivity index (χ4n) is 2.66. The summed E-state index contributed by atoms with van der Waals surface area (Å²) in [6.45, 7) is 0.925. The van der Waals surface area contributed by atoms with E-state index < -0.39 is 0 Å². The van der Waals surface area contributed by atoms with Crippen LogP contribution in [-0.4, -0.2) is 6.04 Å². The van der Waals surface area contributed by atoms with Crippen LogP contribution in [0.15, 0.2) is 53.0 Å². The lowest BCUT2D eigenvalue weighted by atomic mass is 9.76. The van der Waals surface area contributed by atoms with Gasteiger partial charge < -0.3 is 5.32 Å². The van der Waals surface area contributed by atoms with Crippen molar-refractivity contribution in [3.05, 3.63) is 69.2 Å². The van der Waals surface area contributed by atoms with E-state index in [0.29, 0.717) is 12.0 Å². The van der Waals surface area contributed by atoms with E-state index in [0.717, 1.165) is 16.0 Å². The van der Waals surface area contributed by atoms with Gasteiger partial charge in [-0.3, -0.25) is 0 Å². The molecule has 0 aliphatic heterocycles. The number of hydrogen-bond donors (Lipinski definition) is 1. The highest BCUT2D eigenvalue weighted by atomic mass is 79.9. The van der Waals surface area contributed by atoms with Crippen LogP contribution < -0.4 is 5.32 Å². The predicted octanol–water partition coefficient (Wildman–Crippen LogP) is 5.14. The van der Waals surface area contributed by atoms with Crippen LogP contribution in [-0.2, 0) is 6.54 Å². The van der Waals surface area contributed by atoms with Gasteiger partial charge in [0.25, 0.3) is 0 Å². The molecule has 0 bridgehead atoms. The van der Waals surface area contributed by atoms with Crippen molar-refractivity contribution in [3.63, 3.8) is 0 Å². The van der Waals surface area contributed by atoms with E-state index in [4.69, 9.17) is 11.6 Å².